The molecule has 0 spiro atoms. The summed E-state index contributed by atoms with van der Waals surface area (Å²) in [5, 5.41) is 14.4. The van der Waals surface area contributed by atoms with E-state index in [9.17, 15) is 14.9 Å². The van der Waals surface area contributed by atoms with E-state index in [1.165, 1.54) is 12.1 Å². The van der Waals surface area contributed by atoms with Crippen molar-refractivity contribution in [1.29, 1.82) is 0 Å². The zero-order valence-corrected chi connectivity index (χ0v) is 12.6. The van der Waals surface area contributed by atoms with Crippen molar-refractivity contribution in [3.05, 3.63) is 70.4 Å². The first-order valence-electron chi connectivity index (χ1n) is 7.21. The second kappa shape index (κ2) is 6.33. The van der Waals surface area contributed by atoms with Crippen molar-refractivity contribution in [2.24, 2.45) is 0 Å². The Labute approximate surface area is 137 Å². The number of nitrogen functional groups attached to an aromatic ring is 1. The molecule has 1 heterocycles. The highest BCUT2D eigenvalue weighted by molar-refractivity contribution is 5.94. The van der Waals surface area contributed by atoms with Gasteiger partial charge in [-0.15, -0.1) is 0 Å². The number of amides is 1. The van der Waals surface area contributed by atoms with Crippen molar-refractivity contribution in [1.82, 2.24) is 4.98 Å². The highest BCUT2D eigenvalue weighted by atomic mass is 16.6. The van der Waals surface area contributed by atoms with Crippen LogP contribution in [-0.2, 0) is 11.2 Å². The predicted octanol–water partition coefficient (Wildman–Crippen LogP) is 2.91. The number of benzene rings is 2. The SMILES string of the molecule is Nc1ccc2nc(CC(=O)Nc3ccccc3[N+](=O)[O-])ccc2c1. The van der Waals surface area contributed by atoms with Crippen LogP contribution in [0.1, 0.15) is 5.69 Å². The number of carbonyl (C=O) groups is 1. The van der Waals surface area contributed by atoms with Crippen molar-refractivity contribution >= 4 is 33.9 Å². The summed E-state index contributed by atoms with van der Waals surface area (Å²) in [5.41, 5.74) is 7.70. The zero-order valence-electron chi connectivity index (χ0n) is 12.6. The maximum Gasteiger partial charge on any atom is 0.292 e. The van der Waals surface area contributed by atoms with E-state index in [0.717, 1.165) is 10.9 Å². The van der Waals surface area contributed by atoms with E-state index in [2.05, 4.69) is 10.3 Å². The Bertz CT molecular complexity index is 940. The summed E-state index contributed by atoms with van der Waals surface area (Å²) >= 11 is 0. The number of nitro groups is 1. The molecule has 3 aromatic rings. The first-order valence-corrected chi connectivity index (χ1v) is 7.21. The highest BCUT2D eigenvalue weighted by Crippen LogP contribution is 2.23. The molecule has 24 heavy (non-hydrogen) atoms. The van der Waals surface area contributed by atoms with Crippen LogP contribution in [-0.4, -0.2) is 15.8 Å². The normalized spacial score (nSPS) is 10.5. The molecule has 0 aliphatic carbocycles. The monoisotopic (exact) mass is 322 g/mol. The molecule has 7 heteroatoms. The molecule has 2 aromatic carbocycles. The van der Waals surface area contributed by atoms with Crippen LogP contribution in [0.25, 0.3) is 10.9 Å². The first-order chi connectivity index (χ1) is 11.5. The van der Waals surface area contributed by atoms with Gasteiger partial charge in [0.2, 0.25) is 5.91 Å². The van der Waals surface area contributed by atoms with Gasteiger partial charge in [-0.05, 0) is 30.3 Å². The topological polar surface area (TPSA) is 111 Å². The number of hydrogen-bond acceptors (Lipinski definition) is 5. The molecule has 7 nitrogen and oxygen atoms in total. The second-order valence-electron chi connectivity index (χ2n) is 5.25. The molecule has 0 saturated carbocycles. The van der Waals surface area contributed by atoms with Gasteiger partial charge in [0.1, 0.15) is 5.69 Å². The minimum absolute atomic E-state index is 0.0202. The molecule has 0 aliphatic rings. The van der Waals surface area contributed by atoms with Gasteiger partial charge in [-0.2, -0.15) is 0 Å². The number of para-hydroxylation sites is 2. The Hall–Kier alpha value is -3.48. The van der Waals surface area contributed by atoms with E-state index in [-0.39, 0.29) is 23.7 Å². The smallest absolute Gasteiger partial charge is 0.292 e. The predicted molar refractivity (Wildman–Crippen MR) is 91.6 cm³/mol. The maximum atomic E-state index is 12.2. The number of carbonyl (C=O) groups excluding carboxylic acids is 1. The van der Waals surface area contributed by atoms with Gasteiger partial charge in [-0.25, -0.2) is 0 Å². The minimum Gasteiger partial charge on any atom is -0.399 e. The lowest BCUT2D eigenvalue weighted by Crippen LogP contribution is -2.16. The quantitative estimate of drug-likeness (QED) is 0.436. The third-order valence-electron chi connectivity index (χ3n) is 3.49. The Morgan fingerprint density at radius 3 is 2.75 bits per heavy atom. The molecule has 0 bridgehead atoms. The first kappa shape index (κ1) is 15.4. The van der Waals surface area contributed by atoms with Crippen molar-refractivity contribution < 1.29 is 9.72 Å². The number of fused-ring (bicyclic) bond motifs is 1. The van der Waals surface area contributed by atoms with Gasteiger partial charge in [0.05, 0.1) is 22.6 Å². The fraction of sp³-hybridized carbons (Fsp3) is 0.0588. The van der Waals surface area contributed by atoms with Crippen LogP contribution < -0.4 is 11.1 Å². The number of nitro benzene ring substituents is 1. The summed E-state index contributed by atoms with van der Waals surface area (Å²) in [4.78, 5) is 27.0. The average molecular weight is 322 g/mol. The Kier molecular flexibility index (Phi) is 4.07. The van der Waals surface area contributed by atoms with E-state index < -0.39 is 4.92 Å². The third kappa shape index (κ3) is 3.30. The largest absolute Gasteiger partial charge is 0.399 e. The third-order valence-corrected chi connectivity index (χ3v) is 3.49. The number of hydrogen-bond donors (Lipinski definition) is 2. The van der Waals surface area contributed by atoms with Gasteiger partial charge < -0.3 is 11.1 Å². The Balaban J connectivity index is 1.78. The number of nitrogens with zero attached hydrogens (tertiary/aromatic N) is 2. The van der Waals surface area contributed by atoms with Gasteiger partial charge >= 0.3 is 0 Å². The van der Waals surface area contributed by atoms with Gasteiger partial charge in [0.15, 0.2) is 0 Å². The summed E-state index contributed by atoms with van der Waals surface area (Å²) in [6.07, 6.45) is 0.0202. The molecule has 1 amide bonds. The van der Waals surface area contributed by atoms with Crippen LogP contribution >= 0.6 is 0 Å². The van der Waals surface area contributed by atoms with Gasteiger partial charge in [0.25, 0.3) is 5.69 Å². The fourth-order valence-electron chi connectivity index (χ4n) is 2.38. The molecular formula is C17H14N4O3. The minimum atomic E-state index is -0.533. The molecule has 0 radical (unpaired) electrons. The molecule has 0 fully saturated rings. The number of nitrogens with one attached hydrogen (secondary N) is 1. The number of pyridine rings is 1. The van der Waals surface area contributed by atoms with Crippen molar-refractivity contribution in [3.63, 3.8) is 0 Å². The van der Waals surface area contributed by atoms with E-state index in [0.29, 0.717) is 11.4 Å². The lowest BCUT2D eigenvalue weighted by atomic mass is 10.1. The van der Waals surface area contributed by atoms with Crippen LogP contribution in [0.4, 0.5) is 17.1 Å². The summed E-state index contributed by atoms with van der Waals surface area (Å²) in [6.45, 7) is 0. The highest BCUT2D eigenvalue weighted by Gasteiger charge is 2.15. The van der Waals surface area contributed by atoms with E-state index >= 15 is 0 Å². The molecule has 0 aliphatic heterocycles. The molecule has 3 rings (SSSR count). The molecule has 0 unspecified atom stereocenters. The van der Waals surface area contributed by atoms with Gasteiger partial charge in [0, 0.05) is 17.1 Å². The van der Waals surface area contributed by atoms with Crippen molar-refractivity contribution in [2.75, 3.05) is 11.1 Å². The summed E-state index contributed by atoms with van der Waals surface area (Å²) in [7, 11) is 0. The zero-order chi connectivity index (χ0) is 17.1. The molecule has 0 saturated heterocycles. The van der Waals surface area contributed by atoms with Crippen LogP contribution in [0, 0.1) is 10.1 Å². The van der Waals surface area contributed by atoms with Crippen LogP contribution in [0.5, 0.6) is 0 Å². The van der Waals surface area contributed by atoms with E-state index in [4.69, 9.17) is 5.73 Å². The summed E-state index contributed by atoms with van der Waals surface area (Å²) in [6, 6.07) is 14.9. The lowest BCUT2D eigenvalue weighted by Gasteiger charge is -2.06. The molecular weight excluding hydrogens is 308 g/mol. The van der Waals surface area contributed by atoms with Crippen molar-refractivity contribution in [2.45, 2.75) is 6.42 Å². The molecule has 3 N–H and O–H groups in total. The van der Waals surface area contributed by atoms with Crippen molar-refractivity contribution in [3.8, 4) is 0 Å². The molecule has 1 aromatic heterocycles. The van der Waals surface area contributed by atoms with Crippen LogP contribution in [0.3, 0.4) is 0 Å². The average Bonchev–Trinajstić information content (AvgIpc) is 2.55. The maximum absolute atomic E-state index is 12.2. The standard InChI is InChI=1S/C17H14N4O3/c18-12-6-8-14-11(9-12)5-7-13(19-14)10-17(22)20-15-3-1-2-4-16(15)21(23)24/h1-9H,10,18H2,(H,20,22). The fourth-order valence-corrected chi connectivity index (χ4v) is 2.38. The Morgan fingerprint density at radius 1 is 1.17 bits per heavy atom. The summed E-state index contributed by atoms with van der Waals surface area (Å²) < 4.78 is 0. The number of nitrogens with two attached hydrogens (primary N) is 1. The summed E-state index contributed by atoms with van der Waals surface area (Å²) in [5.74, 6) is -0.369. The van der Waals surface area contributed by atoms with Crippen LogP contribution in [0.2, 0.25) is 0 Å². The van der Waals surface area contributed by atoms with Gasteiger partial charge in [-0.1, -0.05) is 18.2 Å². The number of rotatable bonds is 4. The number of anilines is 2. The van der Waals surface area contributed by atoms with Gasteiger partial charge in [-0.3, -0.25) is 19.9 Å². The van der Waals surface area contributed by atoms with E-state index in [1.54, 1.807) is 36.4 Å². The van der Waals surface area contributed by atoms with Crippen LogP contribution in [0.15, 0.2) is 54.6 Å². The number of aromatic nitrogens is 1. The Morgan fingerprint density at radius 2 is 1.96 bits per heavy atom. The van der Waals surface area contributed by atoms with E-state index in [1.807, 2.05) is 6.07 Å². The molecule has 0 atom stereocenters. The molecule has 120 valence electrons. The lowest BCUT2D eigenvalue weighted by molar-refractivity contribution is -0.383. The second-order valence-corrected chi connectivity index (χ2v) is 5.25.